The molecular formula is C21H30ClN3OS. The zero-order valence-electron chi connectivity index (χ0n) is 16.1. The summed E-state index contributed by atoms with van der Waals surface area (Å²) in [4.78, 5) is 4.81. The largest absolute Gasteiger partial charge is 0.379 e. The fourth-order valence-electron chi connectivity index (χ4n) is 3.62. The SMILES string of the molecule is Cc1cc(NC(=S)N(CCN2CCOCC2)CC2CC=CCC2)ccc1Cl. The molecule has 1 heterocycles. The van der Waals surface area contributed by atoms with Crippen molar-refractivity contribution in [2.45, 2.75) is 26.2 Å². The van der Waals surface area contributed by atoms with Gasteiger partial charge in [-0.3, -0.25) is 4.90 Å². The number of allylic oxidation sites excluding steroid dienone is 2. The highest BCUT2D eigenvalue weighted by Crippen LogP contribution is 2.22. The second kappa shape index (κ2) is 10.4. The van der Waals surface area contributed by atoms with Crippen molar-refractivity contribution >= 4 is 34.6 Å². The molecule has 1 aliphatic carbocycles. The Kier molecular flexibility index (Phi) is 7.94. The van der Waals surface area contributed by atoms with Gasteiger partial charge in [-0.2, -0.15) is 0 Å². The van der Waals surface area contributed by atoms with E-state index in [0.717, 1.165) is 73.7 Å². The fourth-order valence-corrected chi connectivity index (χ4v) is 4.02. The summed E-state index contributed by atoms with van der Waals surface area (Å²) in [5.74, 6) is 0.673. The first-order valence-electron chi connectivity index (χ1n) is 9.89. The van der Waals surface area contributed by atoms with Crippen molar-refractivity contribution in [1.82, 2.24) is 9.80 Å². The Morgan fingerprint density at radius 2 is 2.15 bits per heavy atom. The van der Waals surface area contributed by atoms with Crippen LogP contribution in [-0.2, 0) is 4.74 Å². The van der Waals surface area contributed by atoms with Gasteiger partial charge in [0.2, 0.25) is 0 Å². The first kappa shape index (κ1) is 20.6. The lowest BCUT2D eigenvalue weighted by molar-refractivity contribution is 0.0356. The number of thiocarbonyl (C=S) groups is 1. The molecule has 27 heavy (non-hydrogen) atoms. The molecule has 0 bridgehead atoms. The molecular weight excluding hydrogens is 378 g/mol. The molecule has 0 radical (unpaired) electrons. The van der Waals surface area contributed by atoms with E-state index in [2.05, 4.69) is 33.3 Å². The summed E-state index contributed by atoms with van der Waals surface area (Å²) in [6.45, 7) is 8.67. The molecule has 1 N–H and O–H groups in total. The molecule has 0 spiro atoms. The molecule has 2 aliphatic rings. The molecule has 1 unspecified atom stereocenters. The summed E-state index contributed by atoms with van der Waals surface area (Å²) in [5, 5.41) is 5.01. The van der Waals surface area contributed by atoms with Crippen LogP contribution in [0.3, 0.4) is 0 Å². The quantitative estimate of drug-likeness (QED) is 0.559. The van der Waals surface area contributed by atoms with Crippen molar-refractivity contribution in [3.8, 4) is 0 Å². The van der Waals surface area contributed by atoms with Crippen LogP contribution in [-0.4, -0.2) is 60.8 Å². The van der Waals surface area contributed by atoms with Gasteiger partial charge in [-0.25, -0.2) is 0 Å². The van der Waals surface area contributed by atoms with Gasteiger partial charge in [0.15, 0.2) is 5.11 Å². The standard InChI is InChI=1S/C21H30ClN3OS/c1-17-15-19(7-8-20(17)22)23-21(27)25(16-18-5-3-2-4-6-18)10-9-24-11-13-26-14-12-24/h2-3,7-8,15,18H,4-6,9-14,16H2,1H3,(H,23,27). The van der Waals surface area contributed by atoms with E-state index in [9.17, 15) is 0 Å². The highest BCUT2D eigenvalue weighted by atomic mass is 35.5. The topological polar surface area (TPSA) is 27.7 Å². The summed E-state index contributed by atoms with van der Waals surface area (Å²) < 4.78 is 5.46. The first-order chi connectivity index (χ1) is 13.1. The van der Waals surface area contributed by atoms with Gasteiger partial charge in [-0.05, 0) is 68.1 Å². The molecule has 0 amide bonds. The number of morpholine rings is 1. The lowest BCUT2D eigenvalue weighted by atomic mass is 9.94. The summed E-state index contributed by atoms with van der Waals surface area (Å²) in [6.07, 6.45) is 8.18. The number of rotatable bonds is 6. The van der Waals surface area contributed by atoms with E-state index >= 15 is 0 Å². The average molecular weight is 408 g/mol. The van der Waals surface area contributed by atoms with E-state index in [4.69, 9.17) is 28.6 Å². The second-order valence-electron chi connectivity index (χ2n) is 7.44. The fraction of sp³-hybridized carbons (Fsp3) is 0.571. The maximum Gasteiger partial charge on any atom is 0.173 e. The predicted octanol–water partition coefficient (Wildman–Crippen LogP) is 4.34. The Balaban J connectivity index is 1.61. The van der Waals surface area contributed by atoms with Crippen LogP contribution >= 0.6 is 23.8 Å². The normalized spacial score (nSPS) is 20.4. The van der Waals surface area contributed by atoms with Crippen LogP contribution in [0.1, 0.15) is 24.8 Å². The Bertz CT molecular complexity index is 661. The zero-order valence-corrected chi connectivity index (χ0v) is 17.7. The maximum atomic E-state index is 6.15. The number of ether oxygens (including phenoxy) is 1. The monoisotopic (exact) mass is 407 g/mol. The molecule has 1 aliphatic heterocycles. The Labute approximate surface area is 173 Å². The minimum atomic E-state index is 0.673. The smallest absolute Gasteiger partial charge is 0.173 e. The Hall–Kier alpha value is -1.14. The van der Waals surface area contributed by atoms with E-state index in [1.54, 1.807) is 0 Å². The number of aryl methyl sites for hydroxylation is 1. The van der Waals surface area contributed by atoms with Crippen LogP contribution in [0.15, 0.2) is 30.4 Å². The number of hydrogen-bond donors (Lipinski definition) is 1. The third-order valence-corrected chi connectivity index (χ3v) is 6.13. The van der Waals surface area contributed by atoms with Crippen LogP contribution in [0.5, 0.6) is 0 Å². The predicted molar refractivity (Wildman–Crippen MR) is 118 cm³/mol. The molecule has 1 aromatic carbocycles. The number of nitrogens with one attached hydrogen (secondary N) is 1. The minimum Gasteiger partial charge on any atom is -0.379 e. The third kappa shape index (κ3) is 6.46. The van der Waals surface area contributed by atoms with Crippen LogP contribution in [0.2, 0.25) is 5.02 Å². The van der Waals surface area contributed by atoms with Crippen LogP contribution in [0, 0.1) is 12.8 Å². The van der Waals surface area contributed by atoms with Crippen molar-refractivity contribution in [2.24, 2.45) is 5.92 Å². The van der Waals surface area contributed by atoms with Gasteiger partial charge in [0, 0.05) is 43.4 Å². The van der Waals surface area contributed by atoms with E-state index < -0.39 is 0 Å². The summed E-state index contributed by atoms with van der Waals surface area (Å²) in [7, 11) is 0. The van der Waals surface area contributed by atoms with Gasteiger partial charge in [0.25, 0.3) is 0 Å². The van der Waals surface area contributed by atoms with Crippen molar-refractivity contribution < 1.29 is 4.74 Å². The van der Waals surface area contributed by atoms with E-state index in [-0.39, 0.29) is 0 Å². The molecule has 0 saturated carbocycles. The van der Waals surface area contributed by atoms with Crippen molar-refractivity contribution in [3.05, 3.63) is 40.9 Å². The van der Waals surface area contributed by atoms with Crippen LogP contribution < -0.4 is 5.32 Å². The molecule has 4 nitrogen and oxygen atoms in total. The van der Waals surface area contributed by atoms with Gasteiger partial charge in [0.1, 0.15) is 0 Å². The molecule has 6 heteroatoms. The van der Waals surface area contributed by atoms with E-state index in [1.165, 1.54) is 12.8 Å². The molecule has 0 aromatic heterocycles. The lowest BCUT2D eigenvalue weighted by Gasteiger charge is -2.34. The highest BCUT2D eigenvalue weighted by molar-refractivity contribution is 7.80. The Morgan fingerprint density at radius 3 is 2.85 bits per heavy atom. The van der Waals surface area contributed by atoms with Crippen molar-refractivity contribution in [3.63, 3.8) is 0 Å². The number of nitrogens with zero attached hydrogens (tertiary/aromatic N) is 2. The van der Waals surface area contributed by atoms with Gasteiger partial charge in [-0.1, -0.05) is 23.8 Å². The van der Waals surface area contributed by atoms with Crippen LogP contribution in [0.4, 0.5) is 5.69 Å². The molecule has 1 saturated heterocycles. The van der Waals surface area contributed by atoms with Gasteiger partial charge < -0.3 is 15.0 Å². The van der Waals surface area contributed by atoms with Crippen LogP contribution in [0.25, 0.3) is 0 Å². The summed E-state index contributed by atoms with van der Waals surface area (Å²) in [6, 6.07) is 5.97. The van der Waals surface area contributed by atoms with E-state index in [0.29, 0.717) is 5.92 Å². The van der Waals surface area contributed by atoms with Gasteiger partial charge in [0.05, 0.1) is 13.2 Å². The van der Waals surface area contributed by atoms with Gasteiger partial charge >= 0.3 is 0 Å². The molecule has 1 fully saturated rings. The van der Waals surface area contributed by atoms with Crippen molar-refractivity contribution in [1.29, 1.82) is 0 Å². The molecule has 3 rings (SSSR count). The summed E-state index contributed by atoms with van der Waals surface area (Å²) >= 11 is 11.9. The number of hydrogen-bond acceptors (Lipinski definition) is 3. The number of halogens is 1. The maximum absolute atomic E-state index is 6.15. The van der Waals surface area contributed by atoms with Crippen molar-refractivity contribution in [2.75, 3.05) is 51.3 Å². The number of anilines is 1. The third-order valence-electron chi connectivity index (χ3n) is 5.34. The lowest BCUT2D eigenvalue weighted by Crippen LogP contribution is -2.45. The molecule has 1 aromatic rings. The highest BCUT2D eigenvalue weighted by Gasteiger charge is 2.19. The first-order valence-corrected chi connectivity index (χ1v) is 10.7. The molecule has 148 valence electrons. The number of benzene rings is 1. The minimum absolute atomic E-state index is 0.673. The Morgan fingerprint density at radius 1 is 1.33 bits per heavy atom. The second-order valence-corrected chi connectivity index (χ2v) is 8.24. The van der Waals surface area contributed by atoms with E-state index in [1.807, 2.05) is 19.1 Å². The summed E-state index contributed by atoms with van der Waals surface area (Å²) in [5.41, 5.74) is 2.06. The zero-order chi connectivity index (χ0) is 19.1. The average Bonchev–Trinajstić information content (AvgIpc) is 2.69. The van der Waals surface area contributed by atoms with Gasteiger partial charge in [-0.15, -0.1) is 0 Å². The molecule has 1 atom stereocenters.